The van der Waals surface area contributed by atoms with Crippen LogP contribution in [0.3, 0.4) is 0 Å². The number of furan rings is 1. The molecule has 1 aliphatic heterocycles. The van der Waals surface area contributed by atoms with Crippen LogP contribution in [-0.4, -0.2) is 39.6 Å². The summed E-state index contributed by atoms with van der Waals surface area (Å²) >= 11 is 5.94. The quantitative estimate of drug-likeness (QED) is 0.744. The van der Waals surface area contributed by atoms with Crippen molar-refractivity contribution in [3.8, 4) is 5.88 Å². The highest BCUT2D eigenvalue weighted by Crippen LogP contribution is 2.27. The van der Waals surface area contributed by atoms with Gasteiger partial charge in [0.05, 0.1) is 0 Å². The first-order chi connectivity index (χ1) is 10.7. The van der Waals surface area contributed by atoms with Gasteiger partial charge in [-0.1, -0.05) is 0 Å². The summed E-state index contributed by atoms with van der Waals surface area (Å²) in [5.74, 6) is 2.28. The molecule has 5 nitrogen and oxygen atoms in total. The molecule has 0 amide bonds. The molecule has 6 heteroatoms. The van der Waals surface area contributed by atoms with E-state index in [-0.39, 0.29) is 0 Å². The van der Waals surface area contributed by atoms with E-state index in [4.69, 9.17) is 21.0 Å². The number of fused-ring (bicyclic) bond motifs is 1. The number of nitrogens with zero attached hydrogens (tertiary/aromatic N) is 4. The van der Waals surface area contributed by atoms with Crippen LogP contribution >= 0.6 is 11.6 Å². The lowest BCUT2D eigenvalue weighted by atomic mass is 10.0. The second-order valence-electron chi connectivity index (χ2n) is 5.91. The maximum Gasteiger partial charge on any atom is 0.208 e. The Morgan fingerprint density at radius 3 is 3.00 bits per heavy atom. The molecule has 0 saturated carbocycles. The van der Waals surface area contributed by atoms with Crippen molar-refractivity contribution >= 4 is 22.8 Å². The Labute approximate surface area is 133 Å². The monoisotopic (exact) mass is 316 g/mol. The summed E-state index contributed by atoms with van der Waals surface area (Å²) in [5.41, 5.74) is 1.70. The Morgan fingerprint density at radius 2 is 2.27 bits per heavy atom. The standard InChI is InChI=1S/C16H17ClN4O/c1-20-8-6-11(10-20)9-14-19-12-3-2-7-18-16(12)21(14)15-5-4-13(17)22-15/h2-5,7,11H,6,8-10H2,1H3. The van der Waals surface area contributed by atoms with Gasteiger partial charge in [0.25, 0.3) is 0 Å². The van der Waals surface area contributed by atoms with E-state index in [9.17, 15) is 0 Å². The molecule has 1 fully saturated rings. The van der Waals surface area contributed by atoms with Crippen molar-refractivity contribution in [1.29, 1.82) is 0 Å². The number of imidazole rings is 1. The SMILES string of the molecule is CN1CCC(Cc2nc3cccnc3n2-c2ccc(Cl)o2)C1. The Morgan fingerprint density at radius 1 is 1.36 bits per heavy atom. The van der Waals surface area contributed by atoms with Crippen LogP contribution in [0.25, 0.3) is 17.0 Å². The highest BCUT2D eigenvalue weighted by Gasteiger charge is 2.24. The number of halogens is 1. The maximum atomic E-state index is 5.94. The van der Waals surface area contributed by atoms with Gasteiger partial charge < -0.3 is 9.32 Å². The van der Waals surface area contributed by atoms with E-state index in [0.29, 0.717) is 17.0 Å². The lowest BCUT2D eigenvalue weighted by molar-refractivity contribution is 0.392. The van der Waals surface area contributed by atoms with E-state index in [1.54, 1.807) is 12.3 Å². The average Bonchev–Trinajstić information content (AvgIpc) is 3.18. The molecular formula is C16H17ClN4O. The van der Waals surface area contributed by atoms with Gasteiger partial charge in [0.2, 0.25) is 5.88 Å². The van der Waals surface area contributed by atoms with E-state index in [1.165, 1.54) is 6.42 Å². The Balaban J connectivity index is 1.79. The molecule has 22 heavy (non-hydrogen) atoms. The van der Waals surface area contributed by atoms with Gasteiger partial charge >= 0.3 is 0 Å². The van der Waals surface area contributed by atoms with Crippen molar-refractivity contribution < 1.29 is 4.42 Å². The number of hydrogen-bond donors (Lipinski definition) is 0. The third kappa shape index (κ3) is 2.40. The zero-order chi connectivity index (χ0) is 15.1. The zero-order valence-electron chi connectivity index (χ0n) is 12.4. The molecular weight excluding hydrogens is 300 g/mol. The van der Waals surface area contributed by atoms with Gasteiger partial charge in [-0.2, -0.15) is 0 Å². The van der Waals surface area contributed by atoms with E-state index in [0.717, 1.165) is 36.5 Å². The third-order valence-corrected chi connectivity index (χ3v) is 4.43. The number of hydrogen-bond acceptors (Lipinski definition) is 4. The summed E-state index contributed by atoms with van der Waals surface area (Å²) in [7, 11) is 2.16. The fraction of sp³-hybridized carbons (Fsp3) is 0.375. The van der Waals surface area contributed by atoms with Crippen LogP contribution in [0.5, 0.6) is 0 Å². The Kier molecular flexibility index (Phi) is 3.39. The minimum atomic E-state index is 0.374. The molecule has 0 bridgehead atoms. The zero-order valence-corrected chi connectivity index (χ0v) is 13.1. The first-order valence-corrected chi connectivity index (χ1v) is 7.85. The summed E-state index contributed by atoms with van der Waals surface area (Å²) in [5, 5.41) is 0.374. The Bertz CT molecular complexity index is 809. The third-order valence-electron chi connectivity index (χ3n) is 4.23. The fourth-order valence-electron chi connectivity index (χ4n) is 3.20. The summed E-state index contributed by atoms with van der Waals surface area (Å²) in [6.07, 6.45) is 3.89. The fourth-order valence-corrected chi connectivity index (χ4v) is 3.35. The molecule has 0 radical (unpaired) electrons. The van der Waals surface area contributed by atoms with Gasteiger partial charge in [-0.25, -0.2) is 14.5 Å². The Hall–Kier alpha value is -1.85. The first kappa shape index (κ1) is 13.8. The average molecular weight is 317 g/mol. The van der Waals surface area contributed by atoms with Crippen molar-refractivity contribution in [1.82, 2.24) is 19.4 Å². The lowest BCUT2D eigenvalue weighted by Gasteiger charge is -2.11. The minimum absolute atomic E-state index is 0.374. The molecule has 0 aromatic carbocycles. The van der Waals surface area contributed by atoms with Crippen molar-refractivity contribution in [3.05, 3.63) is 41.5 Å². The number of pyridine rings is 1. The second-order valence-corrected chi connectivity index (χ2v) is 6.28. The largest absolute Gasteiger partial charge is 0.428 e. The second kappa shape index (κ2) is 5.41. The molecule has 1 atom stereocenters. The van der Waals surface area contributed by atoms with Gasteiger partial charge in [-0.3, -0.25) is 0 Å². The number of aromatic nitrogens is 3. The molecule has 1 unspecified atom stereocenters. The van der Waals surface area contributed by atoms with Crippen LogP contribution in [0, 0.1) is 5.92 Å². The molecule has 4 heterocycles. The van der Waals surface area contributed by atoms with Crippen molar-refractivity contribution in [2.45, 2.75) is 12.8 Å². The van der Waals surface area contributed by atoms with E-state index in [1.807, 2.05) is 22.8 Å². The summed E-state index contributed by atoms with van der Waals surface area (Å²) < 4.78 is 7.59. The predicted octanol–water partition coefficient (Wildman–Crippen LogP) is 3.16. The van der Waals surface area contributed by atoms with Crippen LogP contribution in [0.4, 0.5) is 0 Å². The van der Waals surface area contributed by atoms with Gasteiger partial charge in [0, 0.05) is 25.2 Å². The molecule has 3 aromatic rings. The molecule has 0 aliphatic carbocycles. The molecule has 1 saturated heterocycles. The van der Waals surface area contributed by atoms with Crippen LogP contribution in [0.1, 0.15) is 12.2 Å². The van der Waals surface area contributed by atoms with Crippen molar-refractivity contribution in [3.63, 3.8) is 0 Å². The minimum Gasteiger partial charge on any atom is -0.428 e. The van der Waals surface area contributed by atoms with E-state index in [2.05, 4.69) is 16.9 Å². The molecule has 0 N–H and O–H groups in total. The highest BCUT2D eigenvalue weighted by atomic mass is 35.5. The van der Waals surface area contributed by atoms with Crippen LogP contribution in [0.15, 0.2) is 34.9 Å². The molecule has 0 spiro atoms. The highest BCUT2D eigenvalue weighted by molar-refractivity contribution is 6.28. The number of rotatable bonds is 3. The molecule has 4 rings (SSSR count). The lowest BCUT2D eigenvalue weighted by Crippen LogP contribution is -2.16. The first-order valence-electron chi connectivity index (χ1n) is 7.47. The van der Waals surface area contributed by atoms with Gasteiger partial charge in [0.1, 0.15) is 11.3 Å². The van der Waals surface area contributed by atoms with E-state index >= 15 is 0 Å². The van der Waals surface area contributed by atoms with Crippen LogP contribution in [-0.2, 0) is 6.42 Å². The van der Waals surface area contributed by atoms with Crippen molar-refractivity contribution in [2.24, 2.45) is 5.92 Å². The van der Waals surface area contributed by atoms with Gasteiger partial charge in [-0.15, -0.1) is 0 Å². The van der Waals surface area contributed by atoms with Gasteiger partial charge in [0.15, 0.2) is 10.9 Å². The summed E-state index contributed by atoms with van der Waals surface area (Å²) in [6.45, 7) is 2.26. The molecule has 114 valence electrons. The number of likely N-dealkylation sites (tertiary alicyclic amines) is 1. The summed E-state index contributed by atoms with van der Waals surface area (Å²) in [4.78, 5) is 11.6. The van der Waals surface area contributed by atoms with Crippen molar-refractivity contribution in [2.75, 3.05) is 20.1 Å². The smallest absolute Gasteiger partial charge is 0.208 e. The topological polar surface area (TPSA) is 47.1 Å². The molecule has 1 aliphatic rings. The normalized spacial score (nSPS) is 19.3. The summed E-state index contributed by atoms with van der Waals surface area (Å²) in [6, 6.07) is 7.50. The molecule has 3 aromatic heterocycles. The van der Waals surface area contributed by atoms with Gasteiger partial charge in [-0.05, 0) is 55.7 Å². The van der Waals surface area contributed by atoms with Crippen LogP contribution in [0.2, 0.25) is 5.22 Å². The maximum absolute atomic E-state index is 5.94. The van der Waals surface area contributed by atoms with Crippen LogP contribution < -0.4 is 0 Å². The van der Waals surface area contributed by atoms with E-state index < -0.39 is 0 Å². The predicted molar refractivity (Wildman–Crippen MR) is 85.4 cm³/mol.